The number of aromatic nitrogens is 1. The highest BCUT2D eigenvalue weighted by Crippen LogP contribution is 2.65. The maximum Gasteiger partial charge on any atom is 0.303 e. The molecule has 2 N–H and O–H groups in total. The molecule has 2 saturated heterocycles. The van der Waals surface area contributed by atoms with Gasteiger partial charge in [-0.2, -0.15) is 12.7 Å². The molecule has 0 radical (unpaired) electrons. The number of carbonyl (C=O) groups is 2. The Labute approximate surface area is 283 Å². The van der Waals surface area contributed by atoms with Gasteiger partial charge in [-0.1, -0.05) is 38.2 Å². The van der Waals surface area contributed by atoms with Gasteiger partial charge in [-0.05, 0) is 86.0 Å². The summed E-state index contributed by atoms with van der Waals surface area (Å²) in [6.07, 6.45) is 11.3. The molecular weight excluding hydrogens is 627 g/mol. The number of carbonyl (C=O) groups excluding carboxylic acids is 2. The van der Waals surface area contributed by atoms with Gasteiger partial charge in [-0.15, -0.1) is 0 Å². The Morgan fingerprint density at radius 3 is 2.52 bits per heavy atom. The highest BCUT2D eigenvalue weighted by atomic mass is 32.2. The Hall–Kier alpha value is -3.41. The number of methoxy groups -OCH3 is 1. The second-order valence-electron chi connectivity index (χ2n) is 15.0. The lowest BCUT2D eigenvalue weighted by Crippen LogP contribution is -2.67. The van der Waals surface area contributed by atoms with Gasteiger partial charge >= 0.3 is 10.2 Å². The van der Waals surface area contributed by atoms with Crippen LogP contribution in [-0.4, -0.2) is 80.4 Å². The van der Waals surface area contributed by atoms with E-state index in [-0.39, 0.29) is 23.4 Å². The molecule has 0 bridgehead atoms. The number of ether oxygens (including phenoxy) is 1. The van der Waals surface area contributed by atoms with Crippen molar-refractivity contribution in [3.63, 3.8) is 0 Å². The summed E-state index contributed by atoms with van der Waals surface area (Å²) in [5.74, 6) is 0.646. The molecule has 4 atom stereocenters. The van der Waals surface area contributed by atoms with Crippen molar-refractivity contribution in [2.45, 2.75) is 94.7 Å². The quantitative estimate of drug-likeness (QED) is 0.360. The standard InChI is InChI=1S/C37H47N5O5S/c1-40(2)48(45,46)39-35(43)24-13-15-27-32(18-24)42-22-37(36(44)38-30-21-41-17-9-5-8-12-31(30)41)20-29(37)28-19-25(47-3)14-16-26(28)34(42)33(27)23-10-6-4-7-11-23/h13-16,18-19,23,29-31H,4-12,17,20-22H2,1-3H3,(H,38,44)(H,39,43)/t29?,30-,31?,37?/m0/s1. The van der Waals surface area contributed by atoms with E-state index in [2.05, 4.69) is 31.6 Å². The van der Waals surface area contributed by atoms with E-state index in [0.29, 0.717) is 18.5 Å². The number of amides is 2. The topological polar surface area (TPSA) is 113 Å². The first-order chi connectivity index (χ1) is 23.1. The molecule has 0 spiro atoms. The van der Waals surface area contributed by atoms with Crippen molar-refractivity contribution in [1.82, 2.24) is 23.8 Å². The third-order valence-corrected chi connectivity index (χ3v) is 13.5. The average molecular weight is 674 g/mol. The van der Waals surface area contributed by atoms with E-state index in [1.165, 1.54) is 58.2 Å². The molecule has 3 aromatic rings. The molecule has 11 heteroatoms. The van der Waals surface area contributed by atoms with Crippen LogP contribution in [0.2, 0.25) is 0 Å². The molecule has 2 amide bonds. The van der Waals surface area contributed by atoms with Crippen LogP contribution in [0.3, 0.4) is 0 Å². The monoisotopic (exact) mass is 673 g/mol. The molecule has 256 valence electrons. The minimum atomic E-state index is -3.96. The second kappa shape index (κ2) is 11.9. The van der Waals surface area contributed by atoms with Crippen LogP contribution in [0.15, 0.2) is 36.4 Å². The van der Waals surface area contributed by atoms with E-state index in [9.17, 15) is 18.0 Å². The average Bonchev–Trinajstić information content (AvgIpc) is 3.78. The maximum absolute atomic E-state index is 14.6. The zero-order valence-electron chi connectivity index (χ0n) is 28.3. The maximum atomic E-state index is 14.6. The van der Waals surface area contributed by atoms with E-state index in [4.69, 9.17) is 4.74 Å². The fraction of sp³-hybridized carbons (Fsp3) is 0.568. The molecule has 1 aromatic heterocycles. The minimum absolute atomic E-state index is 0.0544. The van der Waals surface area contributed by atoms with E-state index < -0.39 is 21.5 Å². The lowest BCUT2D eigenvalue weighted by atomic mass is 9.81. The van der Waals surface area contributed by atoms with E-state index in [1.807, 2.05) is 18.2 Å². The largest absolute Gasteiger partial charge is 0.497 e. The van der Waals surface area contributed by atoms with Crippen LogP contribution in [0.4, 0.5) is 0 Å². The van der Waals surface area contributed by atoms with Crippen LogP contribution in [0.5, 0.6) is 5.75 Å². The predicted molar refractivity (Wildman–Crippen MR) is 185 cm³/mol. The Kier molecular flexibility index (Phi) is 7.88. The molecule has 3 aliphatic heterocycles. The van der Waals surface area contributed by atoms with Gasteiger partial charge < -0.3 is 14.6 Å². The molecule has 4 heterocycles. The summed E-state index contributed by atoms with van der Waals surface area (Å²) in [6.45, 7) is 2.53. The fourth-order valence-corrected chi connectivity index (χ4v) is 9.81. The molecule has 2 aromatic carbocycles. The lowest BCUT2D eigenvalue weighted by molar-refractivity contribution is -0.130. The highest BCUT2D eigenvalue weighted by Gasteiger charge is 2.63. The van der Waals surface area contributed by atoms with Gasteiger partial charge in [0.25, 0.3) is 5.91 Å². The molecule has 4 fully saturated rings. The predicted octanol–water partition coefficient (Wildman–Crippen LogP) is 5.13. The van der Waals surface area contributed by atoms with Gasteiger partial charge in [0, 0.05) is 61.2 Å². The number of nitrogens with zero attached hydrogens (tertiary/aromatic N) is 3. The molecule has 10 nitrogen and oxygen atoms in total. The third-order valence-electron chi connectivity index (χ3n) is 12.1. The van der Waals surface area contributed by atoms with Crippen molar-refractivity contribution in [3.8, 4) is 17.0 Å². The summed E-state index contributed by atoms with van der Waals surface area (Å²) >= 11 is 0. The van der Waals surface area contributed by atoms with Crippen molar-refractivity contribution >= 4 is 32.9 Å². The number of fused-ring (bicyclic) bond motifs is 8. The Morgan fingerprint density at radius 1 is 0.979 bits per heavy atom. The minimum Gasteiger partial charge on any atom is -0.497 e. The summed E-state index contributed by atoms with van der Waals surface area (Å²) in [5, 5.41) is 4.61. The van der Waals surface area contributed by atoms with Gasteiger partial charge in [0.1, 0.15) is 5.75 Å². The van der Waals surface area contributed by atoms with Gasteiger partial charge in [0.2, 0.25) is 5.91 Å². The molecule has 48 heavy (non-hydrogen) atoms. The normalized spacial score (nSPS) is 27.0. The van der Waals surface area contributed by atoms with Crippen LogP contribution >= 0.6 is 0 Å². The first kappa shape index (κ1) is 31.8. The lowest BCUT2D eigenvalue weighted by Gasteiger charge is -2.48. The van der Waals surface area contributed by atoms with Crippen molar-refractivity contribution in [3.05, 3.63) is 53.1 Å². The zero-order valence-corrected chi connectivity index (χ0v) is 29.1. The summed E-state index contributed by atoms with van der Waals surface area (Å²) in [5.41, 5.74) is 5.23. The Morgan fingerprint density at radius 2 is 1.75 bits per heavy atom. The van der Waals surface area contributed by atoms with Crippen LogP contribution in [0.1, 0.15) is 97.5 Å². The van der Waals surface area contributed by atoms with E-state index in [1.54, 1.807) is 13.2 Å². The van der Waals surface area contributed by atoms with Crippen molar-refractivity contribution in [2.24, 2.45) is 5.41 Å². The Bertz CT molecular complexity index is 1900. The van der Waals surface area contributed by atoms with Gasteiger partial charge in [-0.3, -0.25) is 14.5 Å². The molecule has 5 aliphatic rings. The highest BCUT2D eigenvalue weighted by molar-refractivity contribution is 7.87. The van der Waals surface area contributed by atoms with Crippen molar-refractivity contribution in [1.29, 1.82) is 0 Å². The molecule has 3 unspecified atom stereocenters. The zero-order chi connectivity index (χ0) is 33.4. The van der Waals surface area contributed by atoms with Crippen LogP contribution in [0.25, 0.3) is 22.2 Å². The van der Waals surface area contributed by atoms with Crippen molar-refractivity contribution < 1.29 is 22.7 Å². The summed E-state index contributed by atoms with van der Waals surface area (Å²) in [4.78, 5) is 30.5. The van der Waals surface area contributed by atoms with Crippen LogP contribution in [0, 0.1) is 5.41 Å². The summed E-state index contributed by atoms with van der Waals surface area (Å²) in [7, 11) is 0.506. The third kappa shape index (κ3) is 5.15. The molecule has 2 saturated carbocycles. The number of benzene rings is 2. The molecule has 8 rings (SSSR count). The van der Waals surface area contributed by atoms with E-state index >= 15 is 0 Å². The second-order valence-corrected chi connectivity index (χ2v) is 16.9. The number of hydrogen-bond donors (Lipinski definition) is 2. The van der Waals surface area contributed by atoms with Crippen LogP contribution in [-0.2, 0) is 21.5 Å². The molecule has 2 aliphatic carbocycles. The number of hydrogen-bond acceptors (Lipinski definition) is 6. The fourth-order valence-electron chi connectivity index (χ4n) is 9.27. The summed E-state index contributed by atoms with van der Waals surface area (Å²) < 4.78 is 36.4. The smallest absolute Gasteiger partial charge is 0.303 e. The van der Waals surface area contributed by atoms with Crippen molar-refractivity contribution in [2.75, 3.05) is 34.3 Å². The molecular formula is C37H47N5O5S. The SMILES string of the molecule is COc1ccc2c(c1)C1CC1(C(=O)N[C@H]1CN3CCCCCC13)Cn1c-2c(C2CCCCC2)c2ccc(C(=O)NS(=O)(=O)N(C)C)cc21. The van der Waals surface area contributed by atoms with Gasteiger partial charge in [0.15, 0.2) is 0 Å². The van der Waals surface area contributed by atoms with Crippen LogP contribution < -0.4 is 14.8 Å². The van der Waals surface area contributed by atoms with Gasteiger partial charge in [0.05, 0.1) is 24.3 Å². The first-order valence-electron chi connectivity index (χ1n) is 17.8. The Balaban J connectivity index is 1.26. The number of rotatable bonds is 7. The van der Waals surface area contributed by atoms with E-state index in [0.717, 1.165) is 76.6 Å². The first-order valence-corrected chi connectivity index (χ1v) is 19.2. The number of nitrogens with one attached hydrogen (secondary N) is 2. The summed E-state index contributed by atoms with van der Waals surface area (Å²) in [6, 6.07) is 12.5. The van der Waals surface area contributed by atoms with Gasteiger partial charge in [-0.25, -0.2) is 4.72 Å².